The number of nitrogens with zero attached hydrogens (tertiary/aromatic N) is 1. The molecule has 4 saturated carbocycles. The summed E-state index contributed by atoms with van der Waals surface area (Å²) in [6.45, 7) is 0. The van der Waals surface area contributed by atoms with Gasteiger partial charge in [-0.1, -0.05) is 188 Å². The Morgan fingerprint density at radius 1 is 0.277 bits per heavy atom. The Hall–Kier alpha value is -7.22. The second-order valence-corrected chi connectivity index (χ2v) is 19.3. The van der Waals surface area contributed by atoms with Gasteiger partial charge in [-0.15, -0.1) is 0 Å². The number of benzene rings is 9. The van der Waals surface area contributed by atoms with Crippen LogP contribution in [-0.4, -0.2) is 0 Å². The number of hydrogen-bond donors (Lipinski definition) is 0. The second-order valence-electron chi connectivity index (χ2n) is 19.3. The molecule has 1 spiro atoms. The van der Waals surface area contributed by atoms with Gasteiger partial charge in [0.2, 0.25) is 0 Å². The van der Waals surface area contributed by atoms with E-state index >= 15 is 0 Å². The lowest BCUT2D eigenvalue weighted by molar-refractivity contribution is -0.0399. The standard InChI is InChI=1S/C64H51N/c1-3-10-45(11-4-1)47-18-20-48(21-19-47)51-28-34-57(35-29-51)65(56-32-26-50(27-33-56)46-12-5-2-6-13-46)58-36-30-52(31-37-58)49-22-24-53(25-23-49)59-15-9-17-62-63(59)60-14-7-8-16-61(60)64(62)54-39-43-38-44(41-54)42-55(64)40-43/h1-37,43-44,54-55H,38-42H2. The Balaban J connectivity index is 0.813. The maximum atomic E-state index is 2.51. The largest absolute Gasteiger partial charge is 0.311 e. The molecule has 5 aliphatic carbocycles. The minimum atomic E-state index is 0.187. The summed E-state index contributed by atoms with van der Waals surface area (Å²) < 4.78 is 0. The fourth-order valence-electron chi connectivity index (χ4n) is 13.3. The fourth-order valence-corrected chi connectivity index (χ4v) is 13.3. The lowest BCUT2D eigenvalue weighted by Crippen LogP contribution is -2.55. The van der Waals surface area contributed by atoms with E-state index in [4.69, 9.17) is 0 Å². The normalized spacial score (nSPS) is 21.0. The van der Waals surface area contributed by atoms with E-state index in [9.17, 15) is 0 Å². The molecule has 1 heteroatoms. The molecule has 1 nitrogen and oxygen atoms in total. The first-order chi connectivity index (χ1) is 32.2. The van der Waals surface area contributed by atoms with Crippen molar-refractivity contribution in [2.75, 3.05) is 4.90 Å². The van der Waals surface area contributed by atoms with E-state index in [1.54, 1.807) is 11.1 Å². The van der Waals surface area contributed by atoms with Gasteiger partial charge in [0, 0.05) is 22.5 Å². The summed E-state index contributed by atoms with van der Waals surface area (Å²) >= 11 is 0. The van der Waals surface area contributed by atoms with Crippen LogP contribution < -0.4 is 4.90 Å². The first-order valence-corrected chi connectivity index (χ1v) is 23.8. The zero-order chi connectivity index (χ0) is 42.9. The van der Waals surface area contributed by atoms with Crippen molar-refractivity contribution in [3.63, 3.8) is 0 Å². The molecule has 9 aromatic carbocycles. The molecular weight excluding hydrogens is 783 g/mol. The highest BCUT2D eigenvalue weighted by Gasteiger charge is 2.61. The van der Waals surface area contributed by atoms with Gasteiger partial charge in [0.15, 0.2) is 0 Å². The van der Waals surface area contributed by atoms with Crippen LogP contribution in [0.4, 0.5) is 17.1 Å². The van der Waals surface area contributed by atoms with Crippen molar-refractivity contribution in [3.05, 3.63) is 236 Å². The van der Waals surface area contributed by atoms with Gasteiger partial charge in [0.25, 0.3) is 0 Å². The van der Waals surface area contributed by atoms with Crippen molar-refractivity contribution >= 4 is 17.1 Å². The van der Waals surface area contributed by atoms with Gasteiger partial charge in [-0.05, 0) is 170 Å². The van der Waals surface area contributed by atoms with Crippen molar-refractivity contribution in [1.29, 1.82) is 0 Å². The molecular formula is C64H51N. The lowest BCUT2D eigenvalue weighted by atomic mass is 9.43. The molecule has 0 aromatic heterocycles. The van der Waals surface area contributed by atoms with Crippen molar-refractivity contribution in [2.24, 2.45) is 23.7 Å². The molecule has 0 saturated heterocycles. The Bertz CT molecular complexity index is 3120. The van der Waals surface area contributed by atoms with E-state index in [1.165, 1.54) is 98.9 Å². The number of hydrogen-bond acceptors (Lipinski definition) is 1. The van der Waals surface area contributed by atoms with Crippen LogP contribution in [0.2, 0.25) is 0 Å². The summed E-state index contributed by atoms with van der Waals surface area (Å²) in [6.07, 6.45) is 7.12. The van der Waals surface area contributed by atoms with Gasteiger partial charge >= 0.3 is 0 Å². The van der Waals surface area contributed by atoms with E-state index in [-0.39, 0.29) is 5.41 Å². The Morgan fingerprint density at radius 3 is 1.06 bits per heavy atom. The smallest absolute Gasteiger partial charge is 0.0462 e. The predicted molar refractivity (Wildman–Crippen MR) is 272 cm³/mol. The van der Waals surface area contributed by atoms with Gasteiger partial charge < -0.3 is 4.90 Å². The third kappa shape index (κ3) is 6.35. The fraction of sp³-hybridized carbons (Fsp3) is 0.156. The van der Waals surface area contributed by atoms with Crippen molar-refractivity contribution < 1.29 is 0 Å². The molecule has 65 heavy (non-hydrogen) atoms. The van der Waals surface area contributed by atoms with E-state index in [0.717, 1.165) is 40.7 Å². The number of fused-ring (bicyclic) bond motifs is 3. The van der Waals surface area contributed by atoms with Gasteiger partial charge in [-0.25, -0.2) is 0 Å². The summed E-state index contributed by atoms with van der Waals surface area (Å²) in [5.41, 5.74) is 22.2. The van der Waals surface area contributed by atoms with Crippen LogP contribution in [0.5, 0.6) is 0 Å². The highest BCUT2D eigenvalue weighted by molar-refractivity contribution is 5.93. The van der Waals surface area contributed by atoms with Crippen LogP contribution in [-0.2, 0) is 5.41 Å². The zero-order valence-corrected chi connectivity index (χ0v) is 36.7. The average molecular weight is 834 g/mol. The van der Waals surface area contributed by atoms with Crippen LogP contribution in [0.3, 0.4) is 0 Å². The average Bonchev–Trinajstić information content (AvgIpc) is 3.68. The minimum Gasteiger partial charge on any atom is -0.311 e. The summed E-state index contributed by atoms with van der Waals surface area (Å²) in [7, 11) is 0. The van der Waals surface area contributed by atoms with E-state index in [2.05, 4.69) is 229 Å². The van der Waals surface area contributed by atoms with Crippen LogP contribution in [0.25, 0.3) is 66.8 Å². The molecule has 312 valence electrons. The Kier molecular flexibility index (Phi) is 9.12. The van der Waals surface area contributed by atoms with E-state index in [0.29, 0.717) is 0 Å². The van der Waals surface area contributed by atoms with Gasteiger partial charge in [-0.2, -0.15) is 0 Å². The summed E-state index contributed by atoms with van der Waals surface area (Å²) in [6, 6.07) is 83.3. The Morgan fingerprint density at radius 2 is 0.615 bits per heavy atom. The zero-order valence-electron chi connectivity index (χ0n) is 36.7. The predicted octanol–water partition coefficient (Wildman–Crippen LogP) is 17.2. The minimum absolute atomic E-state index is 0.187. The van der Waals surface area contributed by atoms with Gasteiger partial charge in [0.1, 0.15) is 0 Å². The first-order valence-electron chi connectivity index (χ1n) is 23.8. The van der Waals surface area contributed by atoms with Gasteiger partial charge in [-0.3, -0.25) is 0 Å². The molecule has 5 aliphatic rings. The third-order valence-corrected chi connectivity index (χ3v) is 15.9. The molecule has 4 bridgehead atoms. The van der Waals surface area contributed by atoms with Crippen molar-refractivity contribution in [1.82, 2.24) is 0 Å². The monoisotopic (exact) mass is 833 g/mol. The SMILES string of the molecule is c1ccc(-c2ccc(-c3ccc(N(c4ccc(-c5ccccc5)cc4)c4ccc(-c5ccc(-c6cccc7c6-c6ccccc6C76C7CC8CC(C7)CC6C8)cc5)cc4)cc3)cc2)cc1. The molecule has 0 radical (unpaired) electrons. The van der Waals surface area contributed by atoms with Crippen molar-refractivity contribution in [2.45, 2.75) is 37.5 Å². The Labute approximate surface area is 383 Å². The third-order valence-electron chi connectivity index (χ3n) is 15.9. The summed E-state index contributed by atoms with van der Waals surface area (Å²) in [4.78, 5) is 2.37. The summed E-state index contributed by atoms with van der Waals surface area (Å²) in [5, 5.41) is 0. The number of rotatable bonds is 8. The maximum absolute atomic E-state index is 2.51. The topological polar surface area (TPSA) is 3.24 Å². The summed E-state index contributed by atoms with van der Waals surface area (Å²) in [5.74, 6) is 3.43. The maximum Gasteiger partial charge on any atom is 0.0462 e. The molecule has 0 atom stereocenters. The molecule has 0 heterocycles. The molecule has 9 aromatic rings. The molecule has 14 rings (SSSR count). The molecule has 0 amide bonds. The van der Waals surface area contributed by atoms with Crippen molar-refractivity contribution in [3.8, 4) is 66.8 Å². The van der Waals surface area contributed by atoms with Crippen LogP contribution in [0, 0.1) is 23.7 Å². The number of anilines is 3. The first kappa shape index (κ1) is 38.3. The highest BCUT2D eigenvalue weighted by atomic mass is 15.1. The van der Waals surface area contributed by atoms with Crippen LogP contribution in [0.15, 0.2) is 224 Å². The lowest BCUT2D eigenvalue weighted by Gasteiger charge is -2.61. The highest BCUT2D eigenvalue weighted by Crippen LogP contribution is 2.70. The second kappa shape index (κ2) is 15.5. The van der Waals surface area contributed by atoms with Crippen LogP contribution >= 0.6 is 0 Å². The molecule has 4 fully saturated rings. The molecule has 0 unspecified atom stereocenters. The molecule has 0 aliphatic heterocycles. The quantitative estimate of drug-likeness (QED) is 0.147. The van der Waals surface area contributed by atoms with Crippen LogP contribution in [0.1, 0.15) is 43.2 Å². The van der Waals surface area contributed by atoms with E-state index < -0.39 is 0 Å². The molecule has 0 N–H and O–H groups in total. The van der Waals surface area contributed by atoms with E-state index in [1.807, 2.05) is 0 Å². The van der Waals surface area contributed by atoms with Gasteiger partial charge in [0.05, 0.1) is 0 Å².